The van der Waals surface area contributed by atoms with Crippen molar-refractivity contribution in [3.63, 3.8) is 0 Å². The molecule has 0 bridgehead atoms. The minimum Gasteiger partial charge on any atom is -0.349 e. The molecule has 0 aliphatic carbocycles. The molecule has 0 aromatic carbocycles. The topological polar surface area (TPSA) is 21.7 Å². The van der Waals surface area contributed by atoms with Crippen molar-refractivity contribution in [2.75, 3.05) is 26.3 Å². The summed E-state index contributed by atoms with van der Waals surface area (Å²) in [4.78, 5) is 2.51. The lowest BCUT2D eigenvalue weighted by atomic mass is 10.2. The van der Waals surface area contributed by atoms with Crippen molar-refractivity contribution in [1.82, 2.24) is 4.90 Å². The van der Waals surface area contributed by atoms with Crippen molar-refractivity contribution < 1.29 is 9.47 Å². The highest BCUT2D eigenvalue weighted by molar-refractivity contribution is 4.78. The van der Waals surface area contributed by atoms with E-state index in [1.54, 1.807) is 0 Å². The molecule has 2 saturated heterocycles. The Balaban J connectivity index is 1.79. The molecule has 0 aromatic heterocycles. The summed E-state index contributed by atoms with van der Waals surface area (Å²) in [6, 6.07) is 0.771. The zero-order valence-corrected chi connectivity index (χ0v) is 8.37. The van der Waals surface area contributed by atoms with Crippen LogP contribution in [-0.4, -0.2) is 43.5 Å². The van der Waals surface area contributed by atoms with Crippen molar-refractivity contribution in [3.05, 3.63) is 0 Å². The number of ether oxygens (including phenoxy) is 2. The van der Waals surface area contributed by atoms with Gasteiger partial charge in [-0.25, -0.2) is 0 Å². The lowest BCUT2D eigenvalue weighted by Gasteiger charge is -2.25. The van der Waals surface area contributed by atoms with Gasteiger partial charge < -0.3 is 9.47 Å². The Bertz CT molecular complexity index is 157. The van der Waals surface area contributed by atoms with Gasteiger partial charge in [-0.15, -0.1) is 0 Å². The molecule has 3 heteroatoms. The number of likely N-dealkylation sites (tertiary alicyclic amines) is 1. The van der Waals surface area contributed by atoms with E-state index in [0.717, 1.165) is 25.8 Å². The summed E-state index contributed by atoms with van der Waals surface area (Å²) in [6.45, 7) is 6.00. The highest BCUT2D eigenvalue weighted by Crippen LogP contribution is 2.21. The van der Waals surface area contributed by atoms with Gasteiger partial charge in [-0.05, 0) is 25.8 Å². The van der Waals surface area contributed by atoms with Gasteiger partial charge in [0.2, 0.25) is 0 Å². The van der Waals surface area contributed by atoms with Crippen LogP contribution >= 0.6 is 0 Å². The predicted octanol–water partition coefficient (Wildman–Crippen LogP) is 1.23. The average molecular weight is 185 g/mol. The van der Waals surface area contributed by atoms with Crippen LogP contribution in [0.1, 0.15) is 26.2 Å². The standard InChI is InChI=1S/C10H19NO2/c1-2-9-4-3-5-11(9)8-10-12-6-7-13-10/h9-10H,2-8H2,1H3. The van der Waals surface area contributed by atoms with Crippen molar-refractivity contribution in [2.45, 2.75) is 38.5 Å². The third-order valence-electron chi connectivity index (χ3n) is 3.04. The van der Waals surface area contributed by atoms with Crippen LogP contribution in [0.3, 0.4) is 0 Å². The number of hydrogen-bond donors (Lipinski definition) is 0. The summed E-state index contributed by atoms with van der Waals surface area (Å²) in [5, 5.41) is 0. The Morgan fingerprint density at radius 3 is 2.77 bits per heavy atom. The second-order valence-electron chi connectivity index (χ2n) is 3.87. The molecule has 13 heavy (non-hydrogen) atoms. The fraction of sp³-hybridized carbons (Fsp3) is 1.00. The molecule has 1 atom stereocenters. The average Bonchev–Trinajstić information content (AvgIpc) is 2.76. The molecule has 2 heterocycles. The number of nitrogens with zero attached hydrogens (tertiary/aromatic N) is 1. The van der Waals surface area contributed by atoms with Gasteiger partial charge >= 0.3 is 0 Å². The van der Waals surface area contributed by atoms with Crippen molar-refractivity contribution in [3.8, 4) is 0 Å². The van der Waals surface area contributed by atoms with E-state index < -0.39 is 0 Å². The van der Waals surface area contributed by atoms with Crippen molar-refractivity contribution in [1.29, 1.82) is 0 Å². The van der Waals surface area contributed by atoms with Gasteiger partial charge in [0.05, 0.1) is 13.2 Å². The summed E-state index contributed by atoms with van der Waals surface area (Å²) in [5.74, 6) is 0. The van der Waals surface area contributed by atoms with E-state index in [-0.39, 0.29) is 6.29 Å². The molecule has 0 aromatic rings. The largest absolute Gasteiger partial charge is 0.349 e. The third-order valence-corrected chi connectivity index (χ3v) is 3.04. The molecule has 3 nitrogen and oxygen atoms in total. The van der Waals surface area contributed by atoms with Crippen LogP contribution in [0.15, 0.2) is 0 Å². The first-order chi connectivity index (χ1) is 6.40. The molecular weight excluding hydrogens is 166 g/mol. The van der Waals surface area contributed by atoms with Crippen LogP contribution in [0, 0.1) is 0 Å². The monoisotopic (exact) mass is 185 g/mol. The Labute approximate surface area is 80.0 Å². The summed E-state index contributed by atoms with van der Waals surface area (Å²) in [7, 11) is 0. The lowest BCUT2D eigenvalue weighted by Crippen LogP contribution is -2.36. The third kappa shape index (κ3) is 2.22. The van der Waals surface area contributed by atoms with Gasteiger partial charge in [0.15, 0.2) is 6.29 Å². The van der Waals surface area contributed by atoms with Gasteiger partial charge in [-0.1, -0.05) is 6.92 Å². The molecule has 2 aliphatic heterocycles. The molecule has 2 fully saturated rings. The molecule has 0 spiro atoms. The number of hydrogen-bond acceptors (Lipinski definition) is 3. The van der Waals surface area contributed by atoms with E-state index in [2.05, 4.69) is 11.8 Å². The van der Waals surface area contributed by atoms with Crippen molar-refractivity contribution >= 4 is 0 Å². The SMILES string of the molecule is CCC1CCCN1CC1OCCO1. The number of rotatable bonds is 3. The molecular formula is C10H19NO2. The second kappa shape index (κ2) is 4.40. The molecule has 2 aliphatic rings. The Hall–Kier alpha value is -0.120. The Morgan fingerprint density at radius 2 is 2.08 bits per heavy atom. The molecule has 0 amide bonds. The lowest BCUT2D eigenvalue weighted by molar-refractivity contribution is -0.0639. The minimum atomic E-state index is 0.0483. The quantitative estimate of drug-likeness (QED) is 0.660. The Kier molecular flexibility index (Phi) is 3.19. The zero-order chi connectivity index (χ0) is 9.10. The fourth-order valence-electron chi connectivity index (χ4n) is 2.30. The van der Waals surface area contributed by atoms with E-state index in [1.807, 2.05) is 0 Å². The summed E-state index contributed by atoms with van der Waals surface area (Å²) in [6.07, 6.45) is 3.99. The maximum atomic E-state index is 5.44. The minimum absolute atomic E-state index is 0.0483. The maximum Gasteiger partial charge on any atom is 0.170 e. The first kappa shape index (κ1) is 9.44. The van der Waals surface area contributed by atoms with Crippen LogP contribution in [-0.2, 0) is 9.47 Å². The zero-order valence-electron chi connectivity index (χ0n) is 8.37. The van der Waals surface area contributed by atoms with Gasteiger partial charge in [0, 0.05) is 12.6 Å². The van der Waals surface area contributed by atoms with E-state index in [0.29, 0.717) is 0 Å². The molecule has 0 radical (unpaired) electrons. The van der Waals surface area contributed by atoms with Crippen molar-refractivity contribution in [2.24, 2.45) is 0 Å². The smallest absolute Gasteiger partial charge is 0.170 e. The normalized spacial score (nSPS) is 31.6. The molecule has 76 valence electrons. The van der Waals surface area contributed by atoms with Gasteiger partial charge in [0.25, 0.3) is 0 Å². The summed E-state index contributed by atoms with van der Waals surface area (Å²) in [5.41, 5.74) is 0. The molecule has 1 unspecified atom stereocenters. The fourth-order valence-corrected chi connectivity index (χ4v) is 2.30. The van der Waals surface area contributed by atoms with Gasteiger partial charge in [-0.3, -0.25) is 4.90 Å². The van der Waals surface area contributed by atoms with Crippen LogP contribution in [0.25, 0.3) is 0 Å². The first-order valence-corrected chi connectivity index (χ1v) is 5.37. The highest BCUT2D eigenvalue weighted by atomic mass is 16.7. The van der Waals surface area contributed by atoms with Crippen LogP contribution in [0.5, 0.6) is 0 Å². The van der Waals surface area contributed by atoms with Crippen LogP contribution < -0.4 is 0 Å². The molecule has 2 rings (SSSR count). The van der Waals surface area contributed by atoms with E-state index in [1.165, 1.54) is 25.8 Å². The van der Waals surface area contributed by atoms with E-state index in [9.17, 15) is 0 Å². The maximum absolute atomic E-state index is 5.44. The summed E-state index contributed by atoms with van der Waals surface area (Å²) < 4.78 is 10.9. The van der Waals surface area contributed by atoms with Gasteiger partial charge in [-0.2, -0.15) is 0 Å². The molecule has 0 N–H and O–H groups in total. The van der Waals surface area contributed by atoms with E-state index >= 15 is 0 Å². The second-order valence-corrected chi connectivity index (χ2v) is 3.87. The molecule has 0 saturated carbocycles. The highest BCUT2D eigenvalue weighted by Gasteiger charge is 2.27. The van der Waals surface area contributed by atoms with E-state index in [4.69, 9.17) is 9.47 Å². The Morgan fingerprint density at radius 1 is 1.31 bits per heavy atom. The van der Waals surface area contributed by atoms with Gasteiger partial charge in [0.1, 0.15) is 0 Å². The van der Waals surface area contributed by atoms with Crippen LogP contribution in [0.4, 0.5) is 0 Å². The summed E-state index contributed by atoms with van der Waals surface area (Å²) >= 11 is 0. The van der Waals surface area contributed by atoms with Crippen LogP contribution in [0.2, 0.25) is 0 Å². The predicted molar refractivity (Wildman–Crippen MR) is 50.6 cm³/mol. The first-order valence-electron chi connectivity index (χ1n) is 5.37.